The fourth-order valence-corrected chi connectivity index (χ4v) is 4.23. The fourth-order valence-electron chi connectivity index (χ4n) is 4.23. The van der Waals surface area contributed by atoms with Crippen LogP contribution < -0.4 is 10.6 Å². The standard InChI is InChI=1S/C25H30N2O6/c1-3-8-16(13-22(29)27-23(15(2)28)24(30)31)26-25(32)33-14-21-19-11-6-4-9-17(19)18-10-5-7-12-20(18)21/h4-7,9-12,15-16,21,23,28H,3,8,13-14H2,1-2H3,(H,26,32)(H,27,29)(H,30,31)/t15?,16-,23?/m1/s1. The Morgan fingerprint density at radius 1 is 1.00 bits per heavy atom. The van der Waals surface area contributed by atoms with Crippen LogP contribution in [0.4, 0.5) is 4.79 Å². The Balaban J connectivity index is 1.59. The summed E-state index contributed by atoms with van der Waals surface area (Å²) in [6.45, 7) is 3.37. The summed E-state index contributed by atoms with van der Waals surface area (Å²) >= 11 is 0. The maximum absolute atomic E-state index is 12.5. The molecule has 0 radical (unpaired) electrons. The molecule has 176 valence electrons. The van der Waals surface area contributed by atoms with Gasteiger partial charge in [0.2, 0.25) is 5.91 Å². The summed E-state index contributed by atoms with van der Waals surface area (Å²) in [6, 6.07) is 14.2. The minimum Gasteiger partial charge on any atom is -0.480 e. The maximum atomic E-state index is 12.5. The molecule has 0 spiro atoms. The first-order valence-electron chi connectivity index (χ1n) is 11.1. The highest BCUT2D eigenvalue weighted by Crippen LogP contribution is 2.44. The smallest absolute Gasteiger partial charge is 0.407 e. The average Bonchev–Trinajstić information content (AvgIpc) is 3.09. The highest BCUT2D eigenvalue weighted by atomic mass is 16.5. The number of aliphatic hydroxyl groups excluding tert-OH is 1. The number of amides is 2. The van der Waals surface area contributed by atoms with Crippen LogP contribution in [0.2, 0.25) is 0 Å². The lowest BCUT2D eigenvalue weighted by Crippen LogP contribution is -2.49. The van der Waals surface area contributed by atoms with E-state index in [0.717, 1.165) is 22.3 Å². The Morgan fingerprint density at radius 3 is 2.09 bits per heavy atom. The second-order valence-electron chi connectivity index (χ2n) is 8.28. The fraction of sp³-hybridized carbons (Fsp3) is 0.400. The second-order valence-corrected chi connectivity index (χ2v) is 8.28. The highest BCUT2D eigenvalue weighted by molar-refractivity contribution is 5.84. The molecule has 8 nitrogen and oxygen atoms in total. The van der Waals surface area contributed by atoms with Crippen molar-refractivity contribution < 1.29 is 29.3 Å². The molecule has 0 heterocycles. The number of aliphatic carboxylic acids is 1. The van der Waals surface area contributed by atoms with Gasteiger partial charge in [0.15, 0.2) is 6.04 Å². The lowest BCUT2D eigenvalue weighted by molar-refractivity contribution is -0.144. The molecule has 0 bridgehead atoms. The van der Waals surface area contributed by atoms with E-state index in [1.807, 2.05) is 43.3 Å². The van der Waals surface area contributed by atoms with E-state index in [1.54, 1.807) is 0 Å². The van der Waals surface area contributed by atoms with Crippen molar-refractivity contribution in [2.24, 2.45) is 0 Å². The van der Waals surface area contributed by atoms with Gasteiger partial charge < -0.3 is 25.6 Å². The average molecular weight is 455 g/mol. The summed E-state index contributed by atoms with van der Waals surface area (Å²) in [4.78, 5) is 36.0. The normalized spacial score (nSPS) is 15.0. The molecule has 2 unspecified atom stereocenters. The van der Waals surface area contributed by atoms with E-state index < -0.39 is 36.2 Å². The Labute approximate surface area is 193 Å². The lowest BCUT2D eigenvalue weighted by Gasteiger charge is -2.21. The Morgan fingerprint density at radius 2 is 1.58 bits per heavy atom. The van der Waals surface area contributed by atoms with Crippen molar-refractivity contribution in [3.05, 3.63) is 59.7 Å². The van der Waals surface area contributed by atoms with Crippen LogP contribution in [-0.2, 0) is 14.3 Å². The Bertz CT molecular complexity index is 960. The molecule has 3 rings (SSSR count). The number of carbonyl (C=O) groups excluding carboxylic acids is 2. The van der Waals surface area contributed by atoms with Crippen LogP contribution in [0.5, 0.6) is 0 Å². The summed E-state index contributed by atoms with van der Waals surface area (Å²) in [5.41, 5.74) is 4.48. The number of benzene rings is 2. The van der Waals surface area contributed by atoms with Gasteiger partial charge in [-0.05, 0) is 35.6 Å². The molecule has 0 saturated heterocycles. The summed E-state index contributed by atoms with van der Waals surface area (Å²) in [6.07, 6.45) is -0.765. The number of rotatable bonds is 10. The third-order valence-electron chi connectivity index (χ3n) is 5.80. The van der Waals surface area contributed by atoms with E-state index in [9.17, 15) is 19.5 Å². The van der Waals surface area contributed by atoms with Crippen molar-refractivity contribution in [2.75, 3.05) is 6.61 Å². The third-order valence-corrected chi connectivity index (χ3v) is 5.80. The maximum Gasteiger partial charge on any atom is 0.407 e. The van der Waals surface area contributed by atoms with Crippen molar-refractivity contribution in [1.82, 2.24) is 10.6 Å². The summed E-state index contributed by atoms with van der Waals surface area (Å²) in [5.74, 6) is -1.96. The van der Waals surface area contributed by atoms with Crippen LogP contribution >= 0.6 is 0 Å². The van der Waals surface area contributed by atoms with Crippen molar-refractivity contribution in [3.63, 3.8) is 0 Å². The molecule has 2 aromatic carbocycles. The molecule has 0 aliphatic heterocycles. The minimum absolute atomic E-state index is 0.0709. The van der Waals surface area contributed by atoms with Gasteiger partial charge in [-0.15, -0.1) is 0 Å². The summed E-state index contributed by atoms with van der Waals surface area (Å²) in [7, 11) is 0. The van der Waals surface area contributed by atoms with Crippen molar-refractivity contribution >= 4 is 18.0 Å². The summed E-state index contributed by atoms with van der Waals surface area (Å²) < 4.78 is 5.54. The minimum atomic E-state index is -1.41. The van der Waals surface area contributed by atoms with Crippen LogP contribution in [-0.4, -0.2) is 53.0 Å². The topological polar surface area (TPSA) is 125 Å². The van der Waals surface area contributed by atoms with E-state index in [-0.39, 0.29) is 18.9 Å². The molecule has 33 heavy (non-hydrogen) atoms. The lowest BCUT2D eigenvalue weighted by atomic mass is 9.98. The number of carboxylic acid groups (broad SMARTS) is 1. The zero-order valence-corrected chi connectivity index (χ0v) is 18.8. The van der Waals surface area contributed by atoms with Gasteiger partial charge in [0.25, 0.3) is 0 Å². The zero-order valence-electron chi connectivity index (χ0n) is 18.8. The van der Waals surface area contributed by atoms with Gasteiger partial charge in [0.1, 0.15) is 6.61 Å². The number of hydrogen-bond donors (Lipinski definition) is 4. The van der Waals surface area contributed by atoms with Crippen molar-refractivity contribution in [3.8, 4) is 11.1 Å². The van der Waals surface area contributed by atoms with Gasteiger partial charge in [0.05, 0.1) is 6.10 Å². The SMILES string of the molecule is CCC[C@H](CC(=O)NC(C(=O)O)C(C)O)NC(=O)OCC1c2ccccc2-c2ccccc21. The first kappa shape index (κ1) is 24.3. The van der Waals surface area contributed by atoms with Gasteiger partial charge in [0, 0.05) is 18.4 Å². The van der Waals surface area contributed by atoms with Gasteiger partial charge in [-0.2, -0.15) is 0 Å². The molecule has 1 aliphatic rings. The Kier molecular flexibility index (Phi) is 8.06. The predicted octanol–water partition coefficient (Wildman–Crippen LogP) is 3.03. The number of nitrogens with one attached hydrogen (secondary N) is 2. The molecular weight excluding hydrogens is 424 g/mol. The molecule has 3 atom stereocenters. The molecule has 8 heteroatoms. The quantitative estimate of drug-likeness (QED) is 0.437. The van der Waals surface area contributed by atoms with Gasteiger partial charge in [-0.25, -0.2) is 9.59 Å². The third kappa shape index (κ3) is 5.90. The molecule has 0 saturated carbocycles. The number of hydrogen-bond acceptors (Lipinski definition) is 5. The van der Waals surface area contributed by atoms with Crippen LogP contribution in [0.25, 0.3) is 11.1 Å². The van der Waals surface area contributed by atoms with Gasteiger partial charge in [-0.1, -0.05) is 61.9 Å². The number of fused-ring (bicyclic) bond motifs is 3. The second kappa shape index (κ2) is 11.0. The van der Waals surface area contributed by atoms with E-state index in [2.05, 4.69) is 22.8 Å². The largest absolute Gasteiger partial charge is 0.480 e. The molecule has 0 fully saturated rings. The number of alkyl carbamates (subject to hydrolysis) is 1. The van der Waals surface area contributed by atoms with Gasteiger partial charge in [-0.3, -0.25) is 4.79 Å². The monoisotopic (exact) mass is 454 g/mol. The van der Waals surface area contributed by atoms with Crippen LogP contribution in [0.1, 0.15) is 50.2 Å². The van der Waals surface area contributed by atoms with Crippen molar-refractivity contribution in [1.29, 1.82) is 0 Å². The molecule has 2 aromatic rings. The molecule has 2 amide bonds. The first-order chi connectivity index (χ1) is 15.8. The van der Waals surface area contributed by atoms with E-state index in [0.29, 0.717) is 12.8 Å². The van der Waals surface area contributed by atoms with E-state index >= 15 is 0 Å². The predicted molar refractivity (Wildman–Crippen MR) is 123 cm³/mol. The van der Waals surface area contributed by atoms with E-state index in [1.165, 1.54) is 6.92 Å². The van der Waals surface area contributed by atoms with Crippen LogP contribution in [0.3, 0.4) is 0 Å². The van der Waals surface area contributed by atoms with Crippen molar-refractivity contribution in [2.45, 2.75) is 57.2 Å². The molecule has 4 N–H and O–H groups in total. The molecular formula is C25H30N2O6. The number of carbonyl (C=O) groups is 3. The Hall–Kier alpha value is -3.39. The number of ether oxygens (including phenoxy) is 1. The number of carboxylic acids is 1. The first-order valence-corrected chi connectivity index (χ1v) is 11.1. The molecule has 1 aliphatic carbocycles. The van der Waals surface area contributed by atoms with Crippen LogP contribution in [0, 0.1) is 0 Å². The zero-order chi connectivity index (χ0) is 24.0. The summed E-state index contributed by atoms with van der Waals surface area (Å²) in [5, 5.41) is 23.7. The molecule has 0 aromatic heterocycles. The highest BCUT2D eigenvalue weighted by Gasteiger charge is 2.30. The van der Waals surface area contributed by atoms with E-state index in [4.69, 9.17) is 9.84 Å². The number of aliphatic hydroxyl groups is 1. The van der Waals surface area contributed by atoms with Gasteiger partial charge >= 0.3 is 12.1 Å². The van der Waals surface area contributed by atoms with Crippen LogP contribution in [0.15, 0.2) is 48.5 Å².